The van der Waals surface area contributed by atoms with Crippen LogP contribution in [0.3, 0.4) is 0 Å². The maximum Gasteiger partial charge on any atom is 0.331 e. The molecule has 6 nitrogen and oxygen atoms in total. The van der Waals surface area contributed by atoms with Crippen molar-refractivity contribution in [2.75, 3.05) is 19.6 Å². The average molecular weight is 281 g/mol. The van der Waals surface area contributed by atoms with Crippen LogP contribution < -0.4 is 5.32 Å². The normalized spacial score (nSPS) is 23.0. The molecule has 1 atom stereocenters. The Morgan fingerprint density at radius 1 is 1.25 bits per heavy atom. The van der Waals surface area contributed by atoms with Crippen LogP contribution in [0.4, 0.5) is 4.79 Å². The number of rotatable bonds is 5. The number of nitrogens with one attached hydrogen (secondary N) is 1. The second-order valence-corrected chi connectivity index (χ2v) is 5.70. The third kappa shape index (κ3) is 2.22. The summed E-state index contributed by atoms with van der Waals surface area (Å²) in [6, 6.07) is -0.801. The van der Waals surface area contributed by atoms with E-state index in [1.807, 2.05) is 20.8 Å². The van der Waals surface area contributed by atoms with Crippen molar-refractivity contribution in [2.45, 2.75) is 46.1 Å². The van der Waals surface area contributed by atoms with E-state index >= 15 is 0 Å². The van der Waals surface area contributed by atoms with Gasteiger partial charge in [-0.3, -0.25) is 19.8 Å². The molecule has 0 aromatic rings. The Bertz CT molecular complexity index is 427. The van der Waals surface area contributed by atoms with Crippen LogP contribution in [-0.2, 0) is 9.59 Å². The first-order valence-electron chi connectivity index (χ1n) is 7.37. The topological polar surface area (TPSA) is 69.7 Å². The fourth-order valence-corrected chi connectivity index (χ4v) is 3.01. The molecule has 4 amide bonds. The highest BCUT2D eigenvalue weighted by Crippen LogP contribution is 2.44. The summed E-state index contributed by atoms with van der Waals surface area (Å²) < 4.78 is 0. The molecule has 1 N–H and O–H groups in total. The van der Waals surface area contributed by atoms with E-state index in [0.29, 0.717) is 19.4 Å². The Morgan fingerprint density at radius 3 is 2.30 bits per heavy atom. The second-order valence-electron chi connectivity index (χ2n) is 5.70. The summed E-state index contributed by atoms with van der Waals surface area (Å²) in [4.78, 5) is 39.9. The summed E-state index contributed by atoms with van der Waals surface area (Å²) in [6.45, 7) is 8.33. The van der Waals surface area contributed by atoms with Gasteiger partial charge in [-0.2, -0.15) is 0 Å². The number of barbiturate groups is 1. The summed E-state index contributed by atoms with van der Waals surface area (Å²) in [6.07, 6.45) is 1.98. The maximum absolute atomic E-state index is 12.6. The Labute approximate surface area is 119 Å². The van der Waals surface area contributed by atoms with E-state index in [1.54, 1.807) is 0 Å². The summed E-state index contributed by atoms with van der Waals surface area (Å²) in [5.41, 5.74) is -0.967. The van der Waals surface area contributed by atoms with Gasteiger partial charge in [-0.1, -0.05) is 20.3 Å². The van der Waals surface area contributed by atoms with E-state index in [-0.39, 0.29) is 11.9 Å². The molecule has 1 aliphatic carbocycles. The quantitative estimate of drug-likeness (QED) is 0.762. The number of carbonyl (C=O) groups is 3. The minimum Gasteiger partial charge on any atom is -0.302 e. The largest absolute Gasteiger partial charge is 0.331 e. The highest BCUT2D eigenvalue weighted by Gasteiger charge is 2.58. The number of nitrogens with zero attached hydrogens (tertiary/aromatic N) is 2. The zero-order chi connectivity index (χ0) is 14.9. The van der Waals surface area contributed by atoms with E-state index in [4.69, 9.17) is 0 Å². The van der Waals surface area contributed by atoms with Gasteiger partial charge in [-0.15, -0.1) is 0 Å². The lowest BCUT2D eigenvalue weighted by molar-refractivity contribution is -0.159. The van der Waals surface area contributed by atoms with Crippen LogP contribution >= 0.6 is 0 Å². The van der Waals surface area contributed by atoms with Crippen molar-refractivity contribution >= 4 is 17.8 Å². The molecular formula is C14H23N3O3. The fourth-order valence-electron chi connectivity index (χ4n) is 3.01. The Morgan fingerprint density at radius 2 is 1.85 bits per heavy atom. The van der Waals surface area contributed by atoms with Crippen LogP contribution in [0, 0.1) is 5.41 Å². The van der Waals surface area contributed by atoms with Gasteiger partial charge in [0.25, 0.3) is 0 Å². The Balaban J connectivity index is 2.15. The lowest BCUT2D eigenvalue weighted by Gasteiger charge is -2.46. The molecule has 0 aromatic heterocycles. The second kappa shape index (κ2) is 5.52. The summed E-state index contributed by atoms with van der Waals surface area (Å²) in [5.74, 6) is -0.720. The van der Waals surface area contributed by atoms with Gasteiger partial charge in [0.2, 0.25) is 11.8 Å². The van der Waals surface area contributed by atoms with Crippen LogP contribution in [0.15, 0.2) is 0 Å². The van der Waals surface area contributed by atoms with Gasteiger partial charge in [0, 0.05) is 6.54 Å². The highest BCUT2D eigenvalue weighted by atomic mass is 16.2. The lowest BCUT2D eigenvalue weighted by Crippen LogP contribution is -2.68. The van der Waals surface area contributed by atoms with Crippen LogP contribution in [0.5, 0.6) is 0 Å². The minimum absolute atomic E-state index is 0.229. The summed E-state index contributed by atoms with van der Waals surface area (Å²) >= 11 is 0. The first-order valence-corrected chi connectivity index (χ1v) is 7.37. The van der Waals surface area contributed by atoms with Gasteiger partial charge in [-0.25, -0.2) is 4.79 Å². The zero-order valence-electron chi connectivity index (χ0n) is 12.4. The number of hydrogen-bond acceptors (Lipinski definition) is 4. The molecule has 0 radical (unpaired) electrons. The molecule has 1 spiro atoms. The Kier molecular flexibility index (Phi) is 4.13. The van der Waals surface area contributed by atoms with E-state index in [0.717, 1.165) is 19.5 Å². The van der Waals surface area contributed by atoms with Crippen LogP contribution in [0.1, 0.15) is 40.0 Å². The molecule has 6 heteroatoms. The molecule has 1 aliphatic heterocycles. The van der Waals surface area contributed by atoms with Crippen LogP contribution in [0.25, 0.3) is 0 Å². The number of carbonyl (C=O) groups excluding carboxylic acids is 3. The first-order chi connectivity index (χ1) is 9.46. The molecule has 20 heavy (non-hydrogen) atoms. The molecule has 0 bridgehead atoms. The van der Waals surface area contributed by atoms with E-state index < -0.39 is 17.4 Å². The molecule has 1 unspecified atom stereocenters. The SMILES string of the molecule is CCN(CC)CC(C)N1C(=O)NC(=O)C2(CCC2)C1=O. The average Bonchev–Trinajstić information content (AvgIpc) is 2.33. The van der Waals surface area contributed by atoms with Gasteiger partial charge in [0.05, 0.1) is 6.04 Å². The van der Waals surface area contributed by atoms with Crippen molar-refractivity contribution in [3.8, 4) is 0 Å². The monoisotopic (exact) mass is 281 g/mol. The number of hydrogen-bond donors (Lipinski definition) is 1. The van der Waals surface area contributed by atoms with Gasteiger partial charge in [0.15, 0.2) is 0 Å². The van der Waals surface area contributed by atoms with Crippen molar-refractivity contribution in [1.29, 1.82) is 0 Å². The highest BCUT2D eigenvalue weighted by molar-refractivity contribution is 6.19. The smallest absolute Gasteiger partial charge is 0.302 e. The van der Waals surface area contributed by atoms with Gasteiger partial charge in [-0.05, 0) is 32.9 Å². The number of urea groups is 1. The van der Waals surface area contributed by atoms with E-state index in [2.05, 4.69) is 10.2 Å². The molecule has 2 aliphatic rings. The van der Waals surface area contributed by atoms with E-state index in [1.165, 1.54) is 4.90 Å². The van der Waals surface area contributed by atoms with Gasteiger partial charge < -0.3 is 4.90 Å². The third-order valence-corrected chi connectivity index (χ3v) is 4.57. The summed E-state index contributed by atoms with van der Waals surface area (Å²) in [7, 11) is 0. The van der Waals surface area contributed by atoms with Gasteiger partial charge >= 0.3 is 6.03 Å². The molecule has 1 saturated carbocycles. The van der Waals surface area contributed by atoms with Crippen molar-refractivity contribution in [1.82, 2.24) is 15.1 Å². The van der Waals surface area contributed by atoms with Crippen LogP contribution in [-0.4, -0.2) is 53.3 Å². The molecular weight excluding hydrogens is 258 g/mol. The van der Waals surface area contributed by atoms with E-state index in [9.17, 15) is 14.4 Å². The standard InChI is InChI=1S/C14H23N3O3/c1-4-16(5-2)9-10(3)17-12(19)14(7-6-8-14)11(18)15-13(17)20/h10H,4-9H2,1-3H3,(H,15,18,20). The molecule has 2 fully saturated rings. The Hall–Kier alpha value is -1.43. The van der Waals surface area contributed by atoms with Crippen molar-refractivity contribution in [3.63, 3.8) is 0 Å². The third-order valence-electron chi connectivity index (χ3n) is 4.57. The molecule has 2 rings (SSSR count). The fraction of sp³-hybridized carbons (Fsp3) is 0.786. The maximum atomic E-state index is 12.6. The molecule has 112 valence electrons. The molecule has 1 saturated heterocycles. The predicted octanol–water partition coefficient (Wildman–Crippen LogP) is 0.965. The van der Waals surface area contributed by atoms with Crippen molar-refractivity contribution in [2.24, 2.45) is 5.41 Å². The van der Waals surface area contributed by atoms with Crippen molar-refractivity contribution in [3.05, 3.63) is 0 Å². The van der Waals surface area contributed by atoms with Crippen molar-refractivity contribution < 1.29 is 14.4 Å². The number of imide groups is 2. The minimum atomic E-state index is -0.967. The van der Waals surface area contributed by atoms with Gasteiger partial charge in [0.1, 0.15) is 5.41 Å². The number of amides is 4. The zero-order valence-corrected chi connectivity index (χ0v) is 12.4. The summed E-state index contributed by atoms with van der Waals surface area (Å²) in [5, 5.41) is 2.35. The first kappa shape index (κ1) is 15.0. The molecule has 1 heterocycles. The lowest BCUT2D eigenvalue weighted by atomic mass is 9.66. The predicted molar refractivity (Wildman–Crippen MR) is 73.9 cm³/mol. The molecule has 0 aromatic carbocycles. The van der Waals surface area contributed by atoms with Crippen LogP contribution in [0.2, 0.25) is 0 Å². The number of likely N-dealkylation sites (N-methyl/N-ethyl adjacent to an activating group) is 1.